The lowest BCUT2D eigenvalue weighted by atomic mass is 9.88. The van der Waals surface area contributed by atoms with Gasteiger partial charge in [0.1, 0.15) is 21.5 Å². The van der Waals surface area contributed by atoms with Crippen LogP contribution in [0.4, 0.5) is 17.3 Å². The molecule has 9 nitrogen and oxygen atoms in total. The summed E-state index contributed by atoms with van der Waals surface area (Å²) in [5.74, 6) is 1.87. The second-order valence-electron chi connectivity index (χ2n) is 10.1. The molecule has 0 bridgehead atoms. The first kappa shape index (κ1) is 21.5. The van der Waals surface area contributed by atoms with E-state index >= 15 is 0 Å². The van der Waals surface area contributed by atoms with Gasteiger partial charge in [-0.05, 0) is 48.8 Å². The molecule has 5 rings (SSSR count). The Bertz CT molecular complexity index is 1690. The minimum absolute atomic E-state index is 0.0518. The van der Waals surface area contributed by atoms with Crippen LogP contribution >= 0.6 is 0 Å². The molecule has 1 aliphatic heterocycles. The van der Waals surface area contributed by atoms with Gasteiger partial charge in [-0.3, -0.25) is 4.68 Å². The van der Waals surface area contributed by atoms with Gasteiger partial charge in [0.2, 0.25) is 0 Å². The number of anilines is 3. The third kappa shape index (κ3) is 5.02. The molecule has 1 N–H and O–H groups in total. The van der Waals surface area contributed by atoms with Crippen LogP contribution in [-0.2, 0) is 16.9 Å². The Balaban J connectivity index is 1.47. The average Bonchev–Trinajstić information content (AvgIpc) is 3.27. The van der Waals surface area contributed by atoms with Crippen molar-refractivity contribution in [3.8, 4) is 11.4 Å². The van der Waals surface area contributed by atoms with Crippen molar-refractivity contribution < 1.29 is 12.5 Å². The fourth-order valence-corrected chi connectivity index (χ4v) is 6.16. The van der Waals surface area contributed by atoms with Crippen LogP contribution in [0.5, 0.6) is 0 Å². The molecule has 0 amide bonds. The Morgan fingerprint density at radius 2 is 2.00 bits per heavy atom. The molecule has 1 saturated heterocycles. The highest BCUT2D eigenvalue weighted by molar-refractivity contribution is 7.90. The summed E-state index contributed by atoms with van der Waals surface area (Å²) in [5, 5.41) is 9.40. The minimum Gasteiger partial charge on any atom is -0.368 e. The Hall–Kier alpha value is -3.53. The number of fused-ring (bicyclic) bond motifs is 1. The molecule has 0 spiro atoms. The van der Waals surface area contributed by atoms with Gasteiger partial charge in [-0.25, -0.2) is 23.4 Å². The summed E-state index contributed by atoms with van der Waals surface area (Å²) in [5.41, 5.74) is 2.51. The van der Waals surface area contributed by atoms with E-state index in [0.717, 1.165) is 16.5 Å². The van der Waals surface area contributed by atoms with Gasteiger partial charge in [0.25, 0.3) is 0 Å². The van der Waals surface area contributed by atoms with E-state index in [4.69, 9.17) is 4.11 Å². The van der Waals surface area contributed by atoms with Crippen molar-refractivity contribution in [3.05, 3.63) is 54.1 Å². The normalized spacial score (nSPS) is 19.4. The first-order chi connectivity index (χ1) is 18.7. The second-order valence-corrected chi connectivity index (χ2v) is 12.3. The number of hydrogen-bond donors (Lipinski definition) is 1. The molecule has 10 heteroatoms. The molecule has 4 aromatic rings. The van der Waals surface area contributed by atoms with Gasteiger partial charge in [-0.2, -0.15) is 5.10 Å². The smallest absolute Gasteiger partial charge is 0.164 e. The van der Waals surface area contributed by atoms with Crippen LogP contribution in [0, 0.1) is 12.8 Å². The van der Waals surface area contributed by atoms with Crippen molar-refractivity contribution in [1.82, 2.24) is 24.7 Å². The molecule has 1 fully saturated rings. The van der Waals surface area contributed by atoms with Crippen molar-refractivity contribution in [2.45, 2.75) is 39.6 Å². The maximum atomic E-state index is 11.8. The first-order valence-corrected chi connectivity index (χ1v) is 14.3. The summed E-state index contributed by atoms with van der Waals surface area (Å²) in [6.07, 6.45) is 6.30. The first-order valence-electron chi connectivity index (χ1n) is 13.7. The zero-order valence-electron chi connectivity index (χ0n) is 24.6. The topological polar surface area (TPSA) is 106 Å². The van der Waals surface area contributed by atoms with E-state index in [1.807, 2.05) is 12.3 Å². The second kappa shape index (κ2) is 9.41. The largest absolute Gasteiger partial charge is 0.368 e. The highest BCUT2D eigenvalue weighted by Crippen LogP contribution is 2.39. The van der Waals surface area contributed by atoms with Crippen LogP contribution in [0.15, 0.2) is 42.9 Å². The Morgan fingerprint density at radius 1 is 1.19 bits per heavy atom. The van der Waals surface area contributed by atoms with Gasteiger partial charge in [0.15, 0.2) is 5.82 Å². The lowest BCUT2D eigenvalue weighted by molar-refractivity contribution is 0.342. The molecule has 2 atom stereocenters. The third-order valence-electron chi connectivity index (χ3n) is 6.95. The van der Waals surface area contributed by atoms with E-state index in [0.29, 0.717) is 23.7 Å². The minimum atomic E-state index is -3.04. The van der Waals surface area contributed by atoms with E-state index in [-0.39, 0.29) is 35.1 Å². The number of aryl methyl sites for hydroxylation is 2. The van der Waals surface area contributed by atoms with E-state index < -0.39 is 16.7 Å². The maximum absolute atomic E-state index is 11.8. The van der Waals surface area contributed by atoms with E-state index in [1.54, 1.807) is 25.5 Å². The zero-order valence-corrected chi connectivity index (χ0v) is 22.4. The van der Waals surface area contributed by atoms with Crippen LogP contribution in [0.1, 0.15) is 42.1 Å². The van der Waals surface area contributed by atoms with Gasteiger partial charge < -0.3 is 10.2 Å². The summed E-state index contributed by atoms with van der Waals surface area (Å²) in [6, 6.07) is 8.03. The van der Waals surface area contributed by atoms with Crippen LogP contribution in [0.25, 0.3) is 22.2 Å². The van der Waals surface area contributed by atoms with Gasteiger partial charge in [-0.1, -0.05) is 19.9 Å². The monoisotopic (exact) mass is 522 g/mol. The highest BCUT2D eigenvalue weighted by Gasteiger charge is 2.38. The van der Waals surface area contributed by atoms with Crippen molar-refractivity contribution in [2.75, 3.05) is 28.8 Å². The molecule has 37 heavy (non-hydrogen) atoms. The number of rotatable bonds is 7. The molecule has 1 aliphatic rings. The number of hydrogen-bond acceptors (Lipinski definition) is 8. The number of benzene rings is 1. The van der Waals surface area contributed by atoms with E-state index in [2.05, 4.69) is 63.2 Å². The maximum Gasteiger partial charge on any atom is 0.164 e. The fraction of sp³-hybridized carbons (Fsp3) is 0.407. The average molecular weight is 523 g/mol. The molecular formula is C27H33N7O2S. The van der Waals surface area contributed by atoms with Crippen LogP contribution in [0.3, 0.4) is 0 Å². The molecule has 0 unspecified atom stereocenters. The number of sulfone groups is 1. The molecular weight excluding hydrogens is 486 g/mol. The molecule has 3 aromatic heterocycles. The number of pyridine rings is 1. The molecule has 0 aliphatic carbocycles. The molecule has 194 valence electrons. The van der Waals surface area contributed by atoms with Gasteiger partial charge in [0.05, 0.1) is 17.0 Å². The molecule has 4 heterocycles. The van der Waals surface area contributed by atoms with Crippen molar-refractivity contribution in [3.63, 3.8) is 0 Å². The SMILES string of the molecule is [2H]C([2H])([2H])c1nn(C)cc1-c1nccc(Nc2cc3c(C(C)C)ccc(N4C[C@H](CS(C)(=O)=O)[C@H]4C)c3cn2)n1. The predicted octanol–water partition coefficient (Wildman–Crippen LogP) is 4.47. The summed E-state index contributed by atoms with van der Waals surface area (Å²) in [6.45, 7) is 4.64. The summed E-state index contributed by atoms with van der Waals surface area (Å²) < 4.78 is 48.6. The van der Waals surface area contributed by atoms with Gasteiger partial charge in [-0.15, -0.1) is 0 Å². The summed E-state index contributed by atoms with van der Waals surface area (Å²) in [7, 11) is -1.38. The van der Waals surface area contributed by atoms with Crippen LogP contribution < -0.4 is 10.2 Å². The fourth-order valence-electron chi connectivity index (χ4n) is 5.00. The van der Waals surface area contributed by atoms with Crippen molar-refractivity contribution in [2.24, 2.45) is 13.0 Å². The Morgan fingerprint density at radius 3 is 2.70 bits per heavy atom. The molecule has 0 radical (unpaired) electrons. The summed E-state index contributed by atoms with van der Waals surface area (Å²) in [4.78, 5) is 15.8. The lowest BCUT2D eigenvalue weighted by Crippen LogP contribution is -2.57. The quantitative estimate of drug-likeness (QED) is 0.379. The van der Waals surface area contributed by atoms with Crippen molar-refractivity contribution in [1.29, 1.82) is 0 Å². The molecule has 1 aromatic carbocycles. The van der Waals surface area contributed by atoms with E-state index in [9.17, 15) is 8.42 Å². The predicted molar refractivity (Wildman–Crippen MR) is 148 cm³/mol. The highest BCUT2D eigenvalue weighted by atomic mass is 32.2. The Labute approximate surface area is 222 Å². The zero-order chi connectivity index (χ0) is 29.0. The number of nitrogens with zero attached hydrogens (tertiary/aromatic N) is 6. The van der Waals surface area contributed by atoms with Gasteiger partial charge in [0, 0.05) is 65.6 Å². The van der Waals surface area contributed by atoms with Crippen LogP contribution in [0.2, 0.25) is 0 Å². The van der Waals surface area contributed by atoms with Crippen molar-refractivity contribution >= 4 is 37.9 Å². The lowest BCUT2D eigenvalue weighted by Gasteiger charge is -2.48. The third-order valence-corrected chi connectivity index (χ3v) is 7.98. The van der Waals surface area contributed by atoms with Crippen LogP contribution in [-0.4, -0.2) is 57.7 Å². The standard InChI is InChI=1S/C27H33N7O2S/c1-16(2)20-7-8-24(34-13-19(18(34)4)15-37(6,35)36)22-12-29-26(11-21(20)22)30-25-9-10-28-27(31-25)23-14-33(5)32-17(23)3/h7-12,14,16,18-19H,13,15H2,1-6H3,(H,28,29,30,31)/t18-,19-/m1/s1/i3D3. The summed E-state index contributed by atoms with van der Waals surface area (Å²) >= 11 is 0. The molecule has 0 saturated carbocycles. The van der Waals surface area contributed by atoms with Gasteiger partial charge >= 0.3 is 0 Å². The Kier molecular flexibility index (Phi) is 5.48. The number of nitrogens with one attached hydrogen (secondary N) is 1. The number of aromatic nitrogens is 5. The van der Waals surface area contributed by atoms with E-state index in [1.165, 1.54) is 16.5 Å².